The fourth-order valence-electron chi connectivity index (χ4n) is 3.73. The first-order chi connectivity index (χ1) is 17.2. The SMILES string of the molecule is COc1ccc(-c2cc(=O)c3c(O)c(OCO)c(O[C@H]4O[C@H](C(=O)O)[C@@H](O)[C@@H](O)[C@H]4O)cc3o2)cc1. The first-order valence-electron chi connectivity index (χ1n) is 10.5. The van der Waals surface area contributed by atoms with E-state index < -0.39 is 66.1 Å². The zero-order valence-electron chi connectivity index (χ0n) is 18.6. The van der Waals surface area contributed by atoms with Gasteiger partial charge in [-0.25, -0.2) is 4.79 Å². The molecule has 0 amide bonds. The van der Waals surface area contributed by atoms with E-state index in [1.54, 1.807) is 24.3 Å². The fourth-order valence-corrected chi connectivity index (χ4v) is 3.73. The summed E-state index contributed by atoms with van der Waals surface area (Å²) in [5.41, 5.74) is -0.348. The summed E-state index contributed by atoms with van der Waals surface area (Å²) in [4.78, 5) is 24.2. The van der Waals surface area contributed by atoms with Gasteiger partial charge in [0.2, 0.25) is 12.0 Å². The third-order valence-electron chi connectivity index (χ3n) is 5.55. The molecule has 3 aromatic rings. The Morgan fingerprint density at radius 3 is 2.36 bits per heavy atom. The number of aliphatic carboxylic acids is 1. The molecule has 2 aromatic carbocycles. The molecule has 1 aliphatic heterocycles. The lowest BCUT2D eigenvalue weighted by atomic mass is 9.99. The zero-order chi connectivity index (χ0) is 26.1. The molecule has 0 spiro atoms. The molecule has 0 radical (unpaired) electrons. The van der Waals surface area contributed by atoms with Gasteiger partial charge in [-0.15, -0.1) is 0 Å². The van der Waals surface area contributed by atoms with Gasteiger partial charge in [-0.3, -0.25) is 4.79 Å². The molecule has 1 saturated heterocycles. The maximum Gasteiger partial charge on any atom is 0.335 e. The third-order valence-corrected chi connectivity index (χ3v) is 5.55. The summed E-state index contributed by atoms with van der Waals surface area (Å²) >= 11 is 0. The molecule has 13 nitrogen and oxygen atoms in total. The number of carbonyl (C=O) groups is 1. The van der Waals surface area contributed by atoms with Crippen molar-refractivity contribution in [1.29, 1.82) is 0 Å². The fraction of sp³-hybridized carbons (Fsp3) is 0.304. The van der Waals surface area contributed by atoms with Crippen LogP contribution in [0.3, 0.4) is 0 Å². The van der Waals surface area contributed by atoms with Crippen molar-refractivity contribution in [3.05, 3.63) is 46.6 Å². The summed E-state index contributed by atoms with van der Waals surface area (Å²) in [5, 5.41) is 59.1. The average Bonchev–Trinajstić information content (AvgIpc) is 2.86. The molecule has 192 valence electrons. The van der Waals surface area contributed by atoms with Gasteiger partial charge in [-0.1, -0.05) is 0 Å². The molecule has 4 rings (SSSR count). The van der Waals surface area contributed by atoms with Crippen LogP contribution < -0.4 is 19.6 Å². The van der Waals surface area contributed by atoms with E-state index >= 15 is 0 Å². The maximum absolute atomic E-state index is 12.8. The molecule has 36 heavy (non-hydrogen) atoms. The van der Waals surface area contributed by atoms with Gasteiger partial charge in [0.15, 0.2) is 29.8 Å². The van der Waals surface area contributed by atoms with E-state index in [0.29, 0.717) is 11.3 Å². The summed E-state index contributed by atoms with van der Waals surface area (Å²) in [6, 6.07) is 8.78. The number of aliphatic hydroxyl groups excluding tert-OH is 4. The van der Waals surface area contributed by atoms with Gasteiger partial charge >= 0.3 is 5.97 Å². The summed E-state index contributed by atoms with van der Waals surface area (Å²) < 4.78 is 26.4. The van der Waals surface area contributed by atoms with Crippen LogP contribution in [0.1, 0.15) is 0 Å². The van der Waals surface area contributed by atoms with E-state index in [1.165, 1.54) is 7.11 Å². The Morgan fingerprint density at radius 2 is 1.75 bits per heavy atom. The Labute approximate surface area is 201 Å². The molecule has 0 aliphatic carbocycles. The second kappa shape index (κ2) is 10.0. The van der Waals surface area contributed by atoms with Crippen LogP contribution in [-0.4, -0.2) is 81.2 Å². The highest BCUT2D eigenvalue weighted by atomic mass is 16.7. The van der Waals surface area contributed by atoms with Crippen molar-refractivity contribution >= 4 is 16.9 Å². The summed E-state index contributed by atoms with van der Waals surface area (Å²) in [6.45, 7) is -0.960. The molecule has 0 unspecified atom stereocenters. The minimum atomic E-state index is -1.96. The van der Waals surface area contributed by atoms with Gasteiger partial charge in [0.05, 0.1) is 7.11 Å². The first-order valence-corrected chi connectivity index (χ1v) is 10.5. The number of ether oxygens (including phenoxy) is 4. The summed E-state index contributed by atoms with van der Waals surface area (Å²) in [6.07, 6.45) is -9.66. The Bertz CT molecular complexity index is 1320. The standard InChI is InChI=1S/C23H22O13/c1-32-10-4-2-9(3-5-10)12-6-11(25)15-13(34-12)7-14(20(16(15)26)33-8-24)35-23-19(29)17(27)18(28)21(36-23)22(30)31/h2-7,17-19,21,23-24,26-29H,8H2,1H3,(H,30,31)/t17-,18+,19-,21+,23+/m1/s1. The van der Waals surface area contributed by atoms with Crippen molar-refractivity contribution in [2.75, 3.05) is 13.9 Å². The van der Waals surface area contributed by atoms with Crippen molar-refractivity contribution in [3.63, 3.8) is 0 Å². The number of phenols is 1. The van der Waals surface area contributed by atoms with Gasteiger partial charge in [0.25, 0.3) is 0 Å². The predicted octanol–water partition coefficient (Wildman–Crippen LogP) is -0.226. The summed E-state index contributed by atoms with van der Waals surface area (Å²) in [7, 11) is 1.49. The van der Waals surface area contributed by atoms with Crippen LogP contribution in [-0.2, 0) is 9.53 Å². The third kappa shape index (κ3) is 4.53. The quantitative estimate of drug-likeness (QED) is 0.229. The van der Waals surface area contributed by atoms with Gasteiger partial charge in [-0.05, 0) is 24.3 Å². The number of aliphatic hydroxyl groups is 4. The predicted molar refractivity (Wildman–Crippen MR) is 119 cm³/mol. The number of carboxylic acid groups (broad SMARTS) is 1. The van der Waals surface area contributed by atoms with Crippen LogP contribution in [0.4, 0.5) is 0 Å². The van der Waals surface area contributed by atoms with Crippen LogP contribution in [0, 0.1) is 0 Å². The minimum absolute atomic E-state index is 0.120. The number of hydrogen-bond acceptors (Lipinski definition) is 12. The lowest BCUT2D eigenvalue weighted by Gasteiger charge is -2.38. The Kier molecular flexibility index (Phi) is 7.01. The second-order valence-corrected chi connectivity index (χ2v) is 7.76. The zero-order valence-corrected chi connectivity index (χ0v) is 18.6. The molecule has 5 atom stereocenters. The number of benzene rings is 2. The largest absolute Gasteiger partial charge is 0.504 e. The Morgan fingerprint density at radius 1 is 1.06 bits per heavy atom. The van der Waals surface area contributed by atoms with Gasteiger partial charge < -0.3 is 54.0 Å². The Balaban J connectivity index is 1.80. The van der Waals surface area contributed by atoms with Crippen molar-refractivity contribution in [2.24, 2.45) is 0 Å². The normalized spacial score (nSPS) is 23.9. The van der Waals surface area contributed by atoms with E-state index in [-0.39, 0.29) is 16.7 Å². The molecule has 13 heteroatoms. The van der Waals surface area contributed by atoms with Crippen molar-refractivity contribution in [3.8, 4) is 34.3 Å². The van der Waals surface area contributed by atoms with Crippen molar-refractivity contribution in [1.82, 2.24) is 0 Å². The van der Waals surface area contributed by atoms with E-state index in [0.717, 1.165) is 12.1 Å². The maximum atomic E-state index is 12.8. The summed E-state index contributed by atoms with van der Waals surface area (Å²) in [5.74, 6) is -2.69. The highest BCUT2D eigenvalue weighted by molar-refractivity contribution is 5.89. The highest BCUT2D eigenvalue weighted by Gasteiger charge is 2.48. The van der Waals surface area contributed by atoms with Gasteiger partial charge in [-0.2, -0.15) is 0 Å². The monoisotopic (exact) mass is 506 g/mol. The number of hydrogen-bond donors (Lipinski definition) is 6. The molecule has 0 saturated carbocycles. The topological polar surface area (TPSA) is 206 Å². The van der Waals surface area contributed by atoms with Crippen molar-refractivity contribution < 1.29 is 58.8 Å². The lowest BCUT2D eigenvalue weighted by Crippen LogP contribution is -2.61. The Hall–Kier alpha value is -3.88. The highest BCUT2D eigenvalue weighted by Crippen LogP contribution is 2.43. The van der Waals surface area contributed by atoms with Crippen molar-refractivity contribution in [2.45, 2.75) is 30.7 Å². The van der Waals surface area contributed by atoms with E-state index in [1.807, 2.05) is 0 Å². The van der Waals surface area contributed by atoms with E-state index in [4.69, 9.17) is 23.4 Å². The molecular formula is C23H22O13. The van der Waals surface area contributed by atoms with Crippen LogP contribution in [0.2, 0.25) is 0 Å². The smallest absolute Gasteiger partial charge is 0.335 e. The van der Waals surface area contributed by atoms with Crippen LogP contribution in [0.5, 0.6) is 23.0 Å². The van der Waals surface area contributed by atoms with E-state index in [2.05, 4.69) is 0 Å². The molecule has 2 heterocycles. The van der Waals surface area contributed by atoms with Crippen LogP contribution in [0.25, 0.3) is 22.3 Å². The first kappa shape index (κ1) is 25.2. The second-order valence-electron chi connectivity index (χ2n) is 7.76. The van der Waals surface area contributed by atoms with E-state index in [9.17, 15) is 40.2 Å². The molecule has 1 aromatic heterocycles. The van der Waals surface area contributed by atoms with Gasteiger partial charge in [0, 0.05) is 17.7 Å². The molecule has 0 bridgehead atoms. The minimum Gasteiger partial charge on any atom is -0.504 e. The number of rotatable bonds is 7. The van der Waals surface area contributed by atoms with Gasteiger partial charge in [0.1, 0.15) is 40.8 Å². The molecular weight excluding hydrogens is 484 g/mol. The number of carboxylic acids is 1. The number of methoxy groups -OCH3 is 1. The molecule has 6 N–H and O–H groups in total. The average molecular weight is 506 g/mol. The number of phenolic OH excluding ortho intramolecular Hbond substituents is 1. The lowest BCUT2D eigenvalue weighted by molar-refractivity contribution is -0.271. The molecule has 1 fully saturated rings. The molecule has 1 aliphatic rings. The number of aromatic hydroxyl groups is 1. The van der Waals surface area contributed by atoms with Crippen LogP contribution >= 0.6 is 0 Å². The van der Waals surface area contributed by atoms with Crippen LogP contribution in [0.15, 0.2) is 45.6 Å². The number of fused-ring (bicyclic) bond motifs is 1.